The number of nitrogens with one attached hydrogen (secondary N) is 3. The van der Waals surface area contributed by atoms with E-state index in [9.17, 15) is 19.2 Å². The van der Waals surface area contributed by atoms with E-state index in [1.807, 2.05) is 72.8 Å². The van der Waals surface area contributed by atoms with E-state index in [4.69, 9.17) is 23.2 Å². The van der Waals surface area contributed by atoms with Gasteiger partial charge in [-0.1, -0.05) is 163 Å². The van der Waals surface area contributed by atoms with Gasteiger partial charge in [-0.2, -0.15) is 0 Å². The molecule has 0 amide bonds. The third-order valence-corrected chi connectivity index (χ3v) is 23.8. The number of aryl methyl sites for hydroxylation is 2. The topological polar surface area (TPSA) is 168 Å². The van der Waals surface area contributed by atoms with Gasteiger partial charge in [-0.3, -0.25) is 33.5 Å². The minimum atomic E-state index is -3.12. The molecule has 0 spiro atoms. The lowest BCUT2D eigenvalue weighted by Crippen LogP contribution is -2.68. The molecular weight excluding hydrogens is 907 g/mol. The Morgan fingerprint density at radius 2 is 0.986 bits per heavy atom. The van der Waals surface area contributed by atoms with E-state index in [0.717, 1.165) is 20.7 Å². The molecule has 2 fully saturated rings. The number of benzene rings is 4. The van der Waals surface area contributed by atoms with E-state index in [0.29, 0.717) is 30.5 Å². The number of aromatic nitrogens is 4. The van der Waals surface area contributed by atoms with Crippen molar-refractivity contribution in [3.8, 4) is 0 Å². The zero-order chi connectivity index (χ0) is 49.1. The van der Waals surface area contributed by atoms with Gasteiger partial charge in [0.1, 0.15) is 18.6 Å². The van der Waals surface area contributed by atoms with Gasteiger partial charge in [0.2, 0.25) is 0 Å². The predicted octanol–water partition coefficient (Wildman–Crippen LogP) is 4.94. The molecule has 4 heterocycles. The molecule has 4 aromatic carbocycles. The van der Waals surface area contributed by atoms with Gasteiger partial charge in [-0.05, 0) is 51.1 Å². The Balaban J connectivity index is 1.08. The summed E-state index contributed by atoms with van der Waals surface area (Å²) in [6.45, 7) is 17.2. The van der Waals surface area contributed by atoms with Crippen molar-refractivity contribution in [1.82, 2.24) is 24.6 Å². The molecule has 364 valence electrons. The Bertz CT molecular complexity index is 2840. The van der Waals surface area contributed by atoms with Crippen molar-refractivity contribution < 1.29 is 23.2 Å². The lowest BCUT2D eigenvalue weighted by atomic mass is 10.0. The molecule has 69 heavy (non-hydrogen) atoms. The fraction of sp³-hybridized carbons (Fsp3) is 0.396. The molecule has 0 bridgehead atoms. The first-order valence-electron chi connectivity index (χ1n) is 23.8. The molecule has 2 aliphatic heterocycles. The quantitative estimate of drug-likeness (QED) is 0.0688. The Morgan fingerprint density at radius 1 is 0.580 bits per heavy atom. The van der Waals surface area contributed by atoms with Crippen LogP contribution in [0.5, 0.6) is 0 Å². The lowest BCUT2D eigenvalue weighted by molar-refractivity contribution is -0.0881. The smallest absolute Gasteiger partial charge is 0.330 e. The van der Waals surface area contributed by atoms with Crippen LogP contribution >= 0.6 is 0 Å². The van der Waals surface area contributed by atoms with Crippen molar-refractivity contribution in [2.24, 2.45) is 5.92 Å². The number of H-pyrrole nitrogens is 2. The highest BCUT2D eigenvalue weighted by molar-refractivity contribution is 7.00. The number of nitrogens with zero attached hydrogens (tertiary/aromatic N) is 2. The summed E-state index contributed by atoms with van der Waals surface area (Å²) in [5, 5.41) is 3.82. The van der Waals surface area contributed by atoms with Gasteiger partial charge in [0, 0.05) is 42.4 Å². The molecule has 8 rings (SSSR count). The van der Waals surface area contributed by atoms with Crippen LogP contribution in [0.25, 0.3) is 0 Å². The lowest BCUT2D eigenvalue weighted by Gasteiger charge is -2.45. The first-order valence-corrected chi connectivity index (χ1v) is 27.6. The van der Waals surface area contributed by atoms with Gasteiger partial charge in [0.25, 0.3) is 27.8 Å². The predicted molar refractivity (Wildman–Crippen MR) is 273 cm³/mol. The van der Waals surface area contributed by atoms with E-state index >= 15 is 0 Å². The third-order valence-electron chi connectivity index (χ3n) is 13.8. The van der Waals surface area contributed by atoms with E-state index in [1.54, 1.807) is 20.0 Å². The van der Waals surface area contributed by atoms with E-state index < -0.39 is 69.9 Å². The summed E-state index contributed by atoms with van der Waals surface area (Å²) in [5.74, 6) is -0.212. The highest BCUT2D eigenvalue weighted by atomic mass is 28.4. The van der Waals surface area contributed by atoms with E-state index in [2.05, 4.69) is 106 Å². The van der Waals surface area contributed by atoms with Crippen molar-refractivity contribution in [2.75, 3.05) is 19.8 Å². The molecule has 6 aromatic rings. The molecule has 2 saturated heterocycles. The second-order valence-electron chi connectivity index (χ2n) is 20.4. The van der Waals surface area contributed by atoms with Crippen molar-refractivity contribution in [1.29, 1.82) is 0 Å². The largest absolute Gasteiger partial charge is 0.405 e. The zero-order valence-electron chi connectivity index (χ0n) is 40.8. The highest BCUT2D eigenvalue weighted by Gasteiger charge is 2.55. The first-order chi connectivity index (χ1) is 32.9. The summed E-state index contributed by atoms with van der Waals surface area (Å²) in [6.07, 6.45) is 0.716. The maximum absolute atomic E-state index is 13.3. The number of hydrogen-bond acceptors (Lipinski definition) is 10. The van der Waals surface area contributed by atoms with Gasteiger partial charge in [0.05, 0.1) is 25.4 Å². The van der Waals surface area contributed by atoms with Crippen molar-refractivity contribution in [2.45, 2.75) is 109 Å². The normalized spacial score (nSPS) is 21.2. The Hall–Kier alpha value is -5.57. The molecule has 0 unspecified atom stereocenters. The van der Waals surface area contributed by atoms with Gasteiger partial charge < -0.3 is 18.3 Å². The molecule has 14 nitrogen and oxygen atoms in total. The van der Waals surface area contributed by atoms with E-state index in [1.165, 1.54) is 15.3 Å². The molecule has 0 saturated carbocycles. The summed E-state index contributed by atoms with van der Waals surface area (Å²) >= 11 is 0. The summed E-state index contributed by atoms with van der Waals surface area (Å²) in [4.78, 5) is 62.7. The minimum Gasteiger partial charge on any atom is -0.405 e. The molecule has 0 aliphatic carbocycles. The number of rotatable bonds is 16. The average Bonchev–Trinajstić information content (AvgIpc) is 3.93. The SMILES string of the molecule is Cc1cn([C@H]2C[C@H](CNOC[C@H]3O[C@@H](n4cc(C)c(=O)[nH]c4=O)C[C@@H]3O[Si](c3ccccc3)(c3ccccc3)C(C)(C)C)[C@@H](CO[Si](c3ccccc3)(c3ccccc3)C(C)(C)C)O2)c(=O)[nH]c1=O. The van der Waals surface area contributed by atoms with Crippen LogP contribution < -0.4 is 48.7 Å². The Kier molecular flexibility index (Phi) is 14.7. The van der Waals surface area contributed by atoms with Crippen LogP contribution in [0.1, 0.15) is 78.0 Å². The molecular formula is C53H65N5O9Si2. The first kappa shape index (κ1) is 49.8. The zero-order valence-corrected chi connectivity index (χ0v) is 42.8. The summed E-state index contributed by atoms with van der Waals surface area (Å²) in [6, 6.07) is 41.5. The average molecular weight is 972 g/mol. The number of aromatic amines is 2. The molecule has 2 aliphatic rings. The fourth-order valence-electron chi connectivity index (χ4n) is 10.3. The molecule has 3 N–H and O–H groups in total. The van der Waals surface area contributed by atoms with Gasteiger partial charge in [-0.25, -0.2) is 15.1 Å². The van der Waals surface area contributed by atoms with Gasteiger partial charge >= 0.3 is 11.4 Å². The summed E-state index contributed by atoms with van der Waals surface area (Å²) in [5.41, 5.74) is 1.99. The standard InChI is InChI=1S/C53H65N5O9Si2/c1-36-32-57(50(61)55-48(36)59)46-29-38(44(65-46)35-64-68(52(3,4)5,39-21-13-9-14-22-39)40-23-15-10-16-24-40)31-54-63-34-45-43(30-47(66-45)58-33-37(2)49(60)56-51(58)62)67-69(53(6,7)8,41-25-17-11-18-26-41)42-27-19-12-20-28-42/h9-28,32-33,38,43-47,54H,29-31,34-35H2,1-8H3,(H,55,59,61)(H,56,60,62)/t38-,43+,44-,45-,46-,47-/m1/s1. The molecule has 16 heteroatoms. The molecule has 2 aromatic heterocycles. The fourth-order valence-corrected chi connectivity index (χ4v) is 19.6. The van der Waals surface area contributed by atoms with E-state index in [-0.39, 0.29) is 29.2 Å². The van der Waals surface area contributed by atoms with Crippen molar-refractivity contribution in [3.63, 3.8) is 0 Å². The van der Waals surface area contributed by atoms with Crippen LogP contribution in [-0.4, -0.2) is 73.8 Å². The molecule has 6 atom stereocenters. The third kappa shape index (κ3) is 10.1. The Morgan fingerprint density at radius 3 is 1.42 bits per heavy atom. The number of hydroxylamine groups is 1. The van der Waals surface area contributed by atoms with Crippen LogP contribution in [-0.2, 0) is 23.2 Å². The van der Waals surface area contributed by atoms with Gasteiger partial charge in [-0.15, -0.1) is 0 Å². The maximum atomic E-state index is 13.3. The second kappa shape index (κ2) is 20.4. The summed E-state index contributed by atoms with van der Waals surface area (Å²) in [7, 11) is -6.10. The van der Waals surface area contributed by atoms with Crippen molar-refractivity contribution >= 4 is 37.4 Å². The Labute approximate surface area is 404 Å². The maximum Gasteiger partial charge on any atom is 0.330 e. The second-order valence-corrected chi connectivity index (χ2v) is 29.0. The minimum absolute atomic E-state index is 0.0509. The summed E-state index contributed by atoms with van der Waals surface area (Å²) < 4.78 is 31.4. The van der Waals surface area contributed by atoms with Gasteiger partial charge in [0.15, 0.2) is 0 Å². The molecule has 0 radical (unpaired) electrons. The van der Waals surface area contributed by atoms with Crippen LogP contribution in [0.15, 0.2) is 153 Å². The monoisotopic (exact) mass is 971 g/mol. The van der Waals surface area contributed by atoms with Crippen LogP contribution in [0.4, 0.5) is 0 Å². The van der Waals surface area contributed by atoms with Crippen LogP contribution in [0.2, 0.25) is 10.1 Å². The van der Waals surface area contributed by atoms with Crippen molar-refractivity contribution in [3.05, 3.63) is 187 Å². The number of hydrogen-bond donors (Lipinski definition) is 3. The highest BCUT2D eigenvalue weighted by Crippen LogP contribution is 2.42. The van der Waals surface area contributed by atoms with Crippen LogP contribution in [0, 0.1) is 19.8 Å². The van der Waals surface area contributed by atoms with Crippen LogP contribution in [0.3, 0.4) is 0 Å². The number of ether oxygens (including phenoxy) is 2.